The Kier molecular flexibility index (Phi) is 9.94. The van der Waals surface area contributed by atoms with Crippen LogP contribution in [0.1, 0.15) is 63.6 Å². The Morgan fingerprint density at radius 2 is 1.74 bits per heavy atom. The van der Waals surface area contributed by atoms with E-state index in [0.717, 1.165) is 18.4 Å². The number of nitrogens with one attached hydrogen (secondary N) is 2. The molecule has 1 heterocycles. The van der Waals surface area contributed by atoms with E-state index in [1.54, 1.807) is 23.6 Å². The number of carbonyl (C=O) groups excluding carboxylic acids is 2. The Bertz CT molecular complexity index is 956. The summed E-state index contributed by atoms with van der Waals surface area (Å²) in [4.78, 5) is 29.7. The molecule has 8 nitrogen and oxygen atoms in total. The lowest BCUT2D eigenvalue weighted by Crippen LogP contribution is -2.61. The maximum Gasteiger partial charge on any atom is 0.317 e. The summed E-state index contributed by atoms with van der Waals surface area (Å²) >= 11 is 0. The van der Waals surface area contributed by atoms with E-state index in [2.05, 4.69) is 17.0 Å². The Balaban J connectivity index is 2.19. The van der Waals surface area contributed by atoms with Gasteiger partial charge in [-0.05, 0) is 51.2 Å². The highest BCUT2D eigenvalue weighted by Gasteiger charge is 2.37. The number of amides is 3. The normalized spacial score (nSPS) is 18.5. The monoisotopic (exact) mass is 494 g/mol. The summed E-state index contributed by atoms with van der Waals surface area (Å²) in [5, 5.41) is 2.93. The minimum atomic E-state index is -3.90. The van der Waals surface area contributed by atoms with Crippen LogP contribution in [0.25, 0.3) is 0 Å². The van der Waals surface area contributed by atoms with Crippen molar-refractivity contribution in [1.29, 1.82) is 0 Å². The summed E-state index contributed by atoms with van der Waals surface area (Å²) < 4.78 is 29.5. The van der Waals surface area contributed by atoms with Gasteiger partial charge in [0.2, 0.25) is 15.9 Å². The van der Waals surface area contributed by atoms with Crippen LogP contribution in [0.3, 0.4) is 0 Å². The second-order valence-corrected chi connectivity index (χ2v) is 11.3. The van der Waals surface area contributed by atoms with Crippen molar-refractivity contribution in [2.75, 3.05) is 26.2 Å². The molecule has 0 saturated carbocycles. The number of rotatable bonds is 9. The highest BCUT2D eigenvalue weighted by molar-refractivity contribution is 7.89. The first-order valence-corrected chi connectivity index (χ1v) is 13.8. The Morgan fingerprint density at radius 3 is 2.26 bits per heavy atom. The summed E-state index contributed by atoms with van der Waals surface area (Å²) in [7, 11) is -3.90. The smallest absolute Gasteiger partial charge is 0.317 e. The maximum atomic E-state index is 13.5. The molecule has 1 fully saturated rings. The van der Waals surface area contributed by atoms with E-state index >= 15 is 0 Å². The molecule has 0 spiro atoms. The zero-order valence-corrected chi connectivity index (χ0v) is 22.6. The van der Waals surface area contributed by atoms with Gasteiger partial charge in [-0.3, -0.25) is 4.79 Å². The van der Waals surface area contributed by atoms with Gasteiger partial charge in [-0.15, -0.1) is 0 Å². The predicted octanol–water partition coefficient (Wildman–Crippen LogP) is 3.35. The molecule has 2 rings (SSSR count). The number of piperazine rings is 1. The van der Waals surface area contributed by atoms with Crippen LogP contribution >= 0.6 is 0 Å². The van der Waals surface area contributed by atoms with E-state index < -0.39 is 16.1 Å². The number of benzene rings is 1. The molecule has 0 aliphatic carbocycles. The summed E-state index contributed by atoms with van der Waals surface area (Å²) in [6.45, 7) is 15.1. The van der Waals surface area contributed by atoms with Gasteiger partial charge in [-0.25, -0.2) is 13.2 Å². The number of hydrogen-bond acceptors (Lipinski definition) is 4. The first kappa shape index (κ1) is 28.1. The standard InChI is InChI=1S/C25H42N4O4S/c1-8-10-11-26-25(31)29-13-12-28(16-21(29)7)24(30)22(18(4)9-2)27-34(32,33)23-19(5)14-17(3)15-20(23)6/h14-15,18,21-22,27H,8-13,16H2,1-7H3,(H,26,31). The quantitative estimate of drug-likeness (QED) is 0.514. The molecule has 1 aliphatic rings. The molecule has 1 aliphatic heterocycles. The zero-order chi connectivity index (χ0) is 25.6. The maximum absolute atomic E-state index is 13.5. The first-order valence-electron chi connectivity index (χ1n) is 12.4. The number of aryl methyl sites for hydroxylation is 3. The molecule has 2 N–H and O–H groups in total. The fourth-order valence-electron chi connectivity index (χ4n) is 4.59. The van der Waals surface area contributed by atoms with Crippen molar-refractivity contribution in [2.24, 2.45) is 5.92 Å². The lowest BCUT2D eigenvalue weighted by atomic mass is 9.98. The number of sulfonamides is 1. The van der Waals surface area contributed by atoms with Crippen LogP contribution in [0.5, 0.6) is 0 Å². The van der Waals surface area contributed by atoms with Crippen LogP contribution < -0.4 is 10.0 Å². The van der Waals surface area contributed by atoms with E-state index in [1.807, 2.05) is 39.8 Å². The Morgan fingerprint density at radius 1 is 1.12 bits per heavy atom. The van der Waals surface area contributed by atoms with Crippen LogP contribution in [0, 0.1) is 26.7 Å². The van der Waals surface area contributed by atoms with Crippen LogP contribution in [0.4, 0.5) is 4.79 Å². The summed E-state index contributed by atoms with van der Waals surface area (Å²) in [5.41, 5.74) is 2.32. The van der Waals surface area contributed by atoms with Crippen molar-refractivity contribution in [3.63, 3.8) is 0 Å². The van der Waals surface area contributed by atoms with Crippen LogP contribution in [0.2, 0.25) is 0 Å². The molecule has 0 bridgehead atoms. The molecule has 34 heavy (non-hydrogen) atoms. The number of carbonyl (C=O) groups is 2. The van der Waals surface area contributed by atoms with Gasteiger partial charge in [-0.2, -0.15) is 4.72 Å². The molecular formula is C25H42N4O4S. The van der Waals surface area contributed by atoms with Crippen LogP contribution in [-0.2, 0) is 14.8 Å². The van der Waals surface area contributed by atoms with E-state index in [9.17, 15) is 18.0 Å². The van der Waals surface area contributed by atoms with Gasteiger partial charge >= 0.3 is 6.03 Å². The van der Waals surface area contributed by atoms with Crippen LogP contribution in [-0.4, -0.2) is 68.4 Å². The van der Waals surface area contributed by atoms with Gasteiger partial charge in [0.05, 0.1) is 4.90 Å². The molecule has 3 unspecified atom stereocenters. The second-order valence-electron chi connectivity index (χ2n) is 9.62. The summed E-state index contributed by atoms with van der Waals surface area (Å²) in [5.74, 6) is -0.419. The number of nitrogens with zero attached hydrogens (tertiary/aromatic N) is 2. The summed E-state index contributed by atoms with van der Waals surface area (Å²) in [6, 6.07) is 2.54. The molecule has 1 saturated heterocycles. The van der Waals surface area contributed by atoms with Gasteiger partial charge < -0.3 is 15.1 Å². The van der Waals surface area contributed by atoms with Gasteiger partial charge in [0.1, 0.15) is 6.04 Å². The van der Waals surface area contributed by atoms with Gasteiger partial charge in [0.25, 0.3) is 0 Å². The average molecular weight is 495 g/mol. The third-order valence-electron chi connectivity index (χ3n) is 6.64. The fourth-order valence-corrected chi connectivity index (χ4v) is 6.34. The minimum Gasteiger partial charge on any atom is -0.338 e. The van der Waals surface area contributed by atoms with E-state index in [4.69, 9.17) is 0 Å². The van der Waals surface area contributed by atoms with Gasteiger partial charge in [-0.1, -0.05) is 51.3 Å². The lowest BCUT2D eigenvalue weighted by Gasteiger charge is -2.41. The molecule has 3 atom stereocenters. The van der Waals surface area contributed by atoms with Gasteiger partial charge in [0.15, 0.2) is 0 Å². The topological polar surface area (TPSA) is 98.8 Å². The van der Waals surface area contributed by atoms with Crippen molar-refractivity contribution in [3.8, 4) is 0 Å². The van der Waals surface area contributed by atoms with E-state index in [0.29, 0.717) is 43.7 Å². The molecule has 0 radical (unpaired) electrons. The zero-order valence-electron chi connectivity index (χ0n) is 21.8. The van der Waals surface area contributed by atoms with Crippen LogP contribution in [0.15, 0.2) is 17.0 Å². The second kappa shape index (κ2) is 12.0. The van der Waals surface area contributed by atoms with Crippen molar-refractivity contribution >= 4 is 22.0 Å². The van der Waals surface area contributed by atoms with Crippen molar-refractivity contribution in [3.05, 3.63) is 28.8 Å². The molecule has 0 aromatic heterocycles. The lowest BCUT2D eigenvalue weighted by molar-refractivity contribution is -0.136. The molecule has 9 heteroatoms. The number of unbranched alkanes of at least 4 members (excludes halogenated alkanes) is 1. The Labute approximate surface area is 205 Å². The molecule has 1 aromatic carbocycles. The molecule has 192 valence electrons. The highest BCUT2D eigenvalue weighted by Crippen LogP contribution is 2.24. The third-order valence-corrected chi connectivity index (χ3v) is 8.39. The SMILES string of the molecule is CCCCNC(=O)N1CCN(C(=O)C(NS(=O)(=O)c2c(C)cc(C)cc2C)C(C)CC)CC1C. The minimum absolute atomic E-state index is 0.113. The Hall–Kier alpha value is -2.13. The number of hydrogen-bond donors (Lipinski definition) is 2. The summed E-state index contributed by atoms with van der Waals surface area (Å²) in [6.07, 6.45) is 2.59. The van der Waals surface area contributed by atoms with Crippen molar-refractivity contribution < 1.29 is 18.0 Å². The largest absolute Gasteiger partial charge is 0.338 e. The van der Waals surface area contributed by atoms with Crippen molar-refractivity contribution in [2.45, 2.75) is 84.7 Å². The van der Waals surface area contributed by atoms with E-state index in [-0.39, 0.29) is 28.8 Å². The first-order chi connectivity index (χ1) is 15.9. The highest BCUT2D eigenvalue weighted by atomic mass is 32.2. The fraction of sp³-hybridized carbons (Fsp3) is 0.680. The average Bonchev–Trinajstić information content (AvgIpc) is 2.75. The predicted molar refractivity (Wildman–Crippen MR) is 135 cm³/mol. The van der Waals surface area contributed by atoms with Gasteiger partial charge in [0, 0.05) is 32.2 Å². The molecular weight excluding hydrogens is 452 g/mol. The van der Waals surface area contributed by atoms with E-state index in [1.165, 1.54) is 0 Å². The molecule has 3 amide bonds. The van der Waals surface area contributed by atoms with Crippen molar-refractivity contribution in [1.82, 2.24) is 19.8 Å². The third kappa shape index (κ3) is 6.72. The molecule has 1 aromatic rings. The number of urea groups is 1.